The number of carbonyl (C=O) groups excluding carboxylic acids is 1. The average molecular weight is 399 g/mol. The maximum Gasteiger partial charge on any atom is 0.219 e. The quantitative estimate of drug-likeness (QED) is 0.611. The fourth-order valence-corrected chi connectivity index (χ4v) is 4.82. The molecule has 2 aliphatic rings. The summed E-state index contributed by atoms with van der Waals surface area (Å²) in [6.45, 7) is 0.894. The van der Waals surface area contributed by atoms with E-state index in [1.165, 1.54) is 0 Å². The fourth-order valence-electron chi connectivity index (χ4n) is 4.82. The van der Waals surface area contributed by atoms with Gasteiger partial charge in [0.15, 0.2) is 0 Å². The number of nitrogens with zero attached hydrogens (tertiary/aromatic N) is 2. The molecule has 3 aromatic rings. The van der Waals surface area contributed by atoms with Crippen molar-refractivity contribution in [1.82, 2.24) is 4.98 Å². The summed E-state index contributed by atoms with van der Waals surface area (Å²) in [6.07, 6.45) is 0.357. The summed E-state index contributed by atoms with van der Waals surface area (Å²) in [5.41, 5.74) is 22.7. The molecule has 152 valence electrons. The molecule has 5 rings (SSSR count). The van der Waals surface area contributed by atoms with Gasteiger partial charge in [-0.3, -0.25) is 4.79 Å². The molecule has 6 N–H and O–H groups in total. The number of rotatable bonds is 5. The molecule has 0 bridgehead atoms. The zero-order valence-corrected chi connectivity index (χ0v) is 16.6. The second-order valence-corrected chi connectivity index (χ2v) is 8.28. The second-order valence-electron chi connectivity index (χ2n) is 8.28. The van der Waals surface area contributed by atoms with Crippen molar-refractivity contribution >= 4 is 17.4 Å². The Morgan fingerprint density at radius 1 is 0.967 bits per heavy atom. The second kappa shape index (κ2) is 7.15. The molecule has 1 aromatic heterocycles. The van der Waals surface area contributed by atoms with Crippen molar-refractivity contribution < 1.29 is 4.79 Å². The van der Waals surface area contributed by atoms with Gasteiger partial charge in [-0.1, -0.05) is 42.5 Å². The maximum absolute atomic E-state index is 11.5. The topological polar surface area (TPSA) is 111 Å². The number of hydrogen-bond donors (Lipinski definition) is 3. The summed E-state index contributed by atoms with van der Waals surface area (Å²) in [7, 11) is 0. The largest absolute Gasteiger partial charge is 0.384 e. The van der Waals surface area contributed by atoms with Crippen LogP contribution in [0.4, 0.5) is 11.5 Å². The van der Waals surface area contributed by atoms with Gasteiger partial charge in [0.05, 0.1) is 5.69 Å². The summed E-state index contributed by atoms with van der Waals surface area (Å²) >= 11 is 0. The van der Waals surface area contributed by atoms with Crippen molar-refractivity contribution in [3.63, 3.8) is 0 Å². The number of piperidine rings is 1. The molecule has 6 heteroatoms. The van der Waals surface area contributed by atoms with Gasteiger partial charge in [-0.2, -0.15) is 0 Å². The SMILES string of the molecule is NC(=O)CC1C2C(N)C2CN1c1ccc(-c2ccc(-c3cccc(N)n3)cc2)cc1. The van der Waals surface area contributed by atoms with Crippen LogP contribution in [0.3, 0.4) is 0 Å². The predicted octanol–water partition coefficient (Wildman–Crippen LogP) is 2.64. The zero-order valence-electron chi connectivity index (χ0n) is 16.6. The lowest BCUT2D eigenvalue weighted by Crippen LogP contribution is -2.39. The molecule has 4 unspecified atom stereocenters. The third-order valence-electron chi connectivity index (χ3n) is 6.44. The number of benzene rings is 2. The van der Waals surface area contributed by atoms with Crippen LogP contribution in [0.5, 0.6) is 0 Å². The van der Waals surface area contributed by atoms with Crippen molar-refractivity contribution in [2.24, 2.45) is 23.3 Å². The minimum atomic E-state index is -0.267. The number of pyridine rings is 1. The highest BCUT2D eigenvalue weighted by atomic mass is 16.1. The minimum Gasteiger partial charge on any atom is -0.384 e. The van der Waals surface area contributed by atoms with Crippen LogP contribution >= 0.6 is 0 Å². The van der Waals surface area contributed by atoms with Crippen LogP contribution in [0, 0.1) is 11.8 Å². The molecule has 2 fully saturated rings. The number of carbonyl (C=O) groups is 1. The van der Waals surface area contributed by atoms with Crippen LogP contribution in [0.25, 0.3) is 22.4 Å². The Labute approximate surface area is 175 Å². The summed E-state index contributed by atoms with van der Waals surface area (Å²) in [6, 6.07) is 22.7. The Hall–Kier alpha value is -3.38. The van der Waals surface area contributed by atoms with Gasteiger partial charge in [-0.25, -0.2) is 4.98 Å². The standard InChI is InChI=1S/C24H25N5O/c25-21-3-1-2-19(28-21)16-6-4-14(5-7-16)15-8-10-17(11-9-15)29-13-18-23(24(18)27)20(29)12-22(26)30/h1-11,18,20,23-24H,12-13,27H2,(H2,25,28)(H2,26,30). The summed E-state index contributed by atoms with van der Waals surface area (Å²) < 4.78 is 0. The number of nitrogens with two attached hydrogens (primary N) is 3. The molecule has 1 amide bonds. The molecule has 30 heavy (non-hydrogen) atoms. The maximum atomic E-state index is 11.5. The Balaban J connectivity index is 1.34. The summed E-state index contributed by atoms with van der Waals surface area (Å²) in [4.78, 5) is 18.2. The van der Waals surface area contributed by atoms with Gasteiger partial charge in [0.2, 0.25) is 5.91 Å². The van der Waals surface area contributed by atoms with E-state index in [9.17, 15) is 4.79 Å². The molecule has 1 aliphatic carbocycles. The van der Waals surface area contributed by atoms with Crippen molar-refractivity contribution in [2.75, 3.05) is 17.2 Å². The highest BCUT2D eigenvalue weighted by Gasteiger charge is 2.59. The van der Waals surface area contributed by atoms with Crippen LogP contribution in [-0.2, 0) is 4.79 Å². The summed E-state index contributed by atoms with van der Waals surface area (Å²) in [5.74, 6) is 1.10. The first kappa shape index (κ1) is 18.6. The van der Waals surface area contributed by atoms with Gasteiger partial charge in [-0.15, -0.1) is 0 Å². The number of amides is 1. The van der Waals surface area contributed by atoms with Gasteiger partial charge < -0.3 is 22.1 Å². The van der Waals surface area contributed by atoms with Crippen LogP contribution in [-0.4, -0.2) is 29.5 Å². The molecule has 6 nitrogen and oxygen atoms in total. The number of fused-ring (bicyclic) bond motifs is 1. The third kappa shape index (κ3) is 3.29. The summed E-state index contributed by atoms with van der Waals surface area (Å²) in [5, 5.41) is 0. The molecular weight excluding hydrogens is 374 g/mol. The number of anilines is 2. The molecule has 1 aliphatic heterocycles. The van der Waals surface area contributed by atoms with Crippen LogP contribution < -0.4 is 22.1 Å². The van der Waals surface area contributed by atoms with Crippen molar-refractivity contribution in [2.45, 2.75) is 18.5 Å². The van der Waals surface area contributed by atoms with Crippen molar-refractivity contribution in [3.05, 3.63) is 66.7 Å². The van der Waals surface area contributed by atoms with E-state index in [0.717, 1.165) is 34.6 Å². The lowest BCUT2D eigenvalue weighted by molar-refractivity contribution is -0.118. The van der Waals surface area contributed by atoms with Crippen LogP contribution in [0.15, 0.2) is 66.7 Å². The normalized spacial score (nSPS) is 24.5. The molecule has 1 saturated carbocycles. The Bertz CT molecular complexity index is 1080. The Morgan fingerprint density at radius 2 is 1.60 bits per heavy atom. The average Bonchev–Trinajstić information content (AvgIpc) is 3.22. The van der Waals surface area contributed by atoms with E-state index in [4.69, 9.17) is 17.2 Å². The predicted molar refractivity (Wildman–Crippen MR) is 119 cm³/mol. The van der Waals surface area contributed by atoms with Gasteiger partial charge in [0.25, 0.3) is 0 Å². The van der Waals surface area contributed by atoms with Gasteiger partial charge in [0, 0.05) is 42.2 Å². The van der Waals surface area contributed by atoms with Crippen LogP contribution in [0.2, 0.25) is 0 Å². The number of aromatic nitrogens is 1. The van der Waals surface area contributed by atoms with Crippen LogP contribution in [0.1, 0.15) is 6.42 Å². The van der Waals surface area contributed by atoms with Crippen molar-refractivity contribution in [3.8, 4) is 22.4 Å². The minimum absolute atomic E-state index is 0.110. The van der Waals surface area contributed by atoms with E-state index in [-0.39, 0.29) is 18.0 Å². The molecular formula is C24H25N5O. The van der Waals surface area contributed by atoms with E-state index in [1.54, 1.807) is 6.07 Å². The van der Waals surface area contributed by atoms with E-state index < -0.39 is 0 Å². The van der Waals surface area contributed by atoms with Crippen molar-refractivity contribution in [1.29, 1.82) is 0 Å². The zero-order chi connectivity index (χ0) is 20.8. The number of nitrogen functional groups attached to an aromatic ring is 1. The smallest absolute Gasteiger partial charge is 0.219 e. The fraction of sp³-hybridized carbons (Fsp3) is 0.250. The first-order valence-electron chi connectivity index (χ1n) is 10.3. The molecule has 2 aromatic carbocycles. The molecule has 2 heterocycles. The molecule has 0 radical (unpaired) electrons. The monoisotopic (exact) mass is 399 g/mol. The van der Waals surface area contributed by atoms with E-state index in [1.807, 2.05) is 12.1 Å². The highest BCUT2D eigenvalue weighted by molar-refractivity contribution is 5.76. The number of hydrogen-bond acceptors (Lipinski definition) is 5. The van der Waals surface area contributed by atoms with E-state index in [2.05, 4.69) is 58.4 Å². The highest BCUT2D eigenvalue weighted by Crippen LogP contribution is 2.50. The van der Waals surface area contributed by atoms with Gasteiger partial charge in [-0.05, 0) is 41.3 Å². The first-order valence-corrected chi connectivity index (χ1v) is 10.3. The van der Waals surface area contributed by atoms with Gasteiger partial charge in [0.1, 0.15) is 5.82 Å². The third-order valence-corrected chi connectivity index (χ3v) is 6.44. The Kier molecular flexibility index (Phi) is 4.44. The van der Waals surface area contributed by atoms with E-state index >= 15 is 0 Å². The number of primary amides is 1. The van der Waals surface area contributed by atoms with E-state index in [0.29, 0.717) is 24.1 Å². The lowest BCUT2D eigenvalue weighted by atomic mass is 10.0. The molecule has 0 spiro atoms. The first-order chi connectivity index (χ1) is 14.5. The Morgan fingerprint density at radius 3 is 2.23 bits per heavy atom. The van der Waals surface area contributed by atoms with Gasteiger partial charge >= 0.3 is 0 Å². The lowest BCUT2D eigenvalue weighted by Gasteiger charge is -2.30. The molecule has 4 atom stereocenters. The molecule has 1 saturated heterocycles.